The standard InChI is InChI=1S/C27H26N4/c1-5-18-10-16-21(17-11-18)31-25(19-12-14-20(15-13-19)27(2,3)4)30-24-26(31)29-23-9-7-6-8-22(23)28-24/h6-17H,5H2,1-4H3. The minimum absolute atomic E-state index is 0.107. The van der Waals surface area contributed by atoms with E-state index in [1.165, 1.54) is 11.1 Å². The molecule has 5 aromatic rings. The fourth-order valence-electron chi connectivity index (χ4n) is 3.90. The molecule has 0 amide bonds. The average Bonchev–Trinajstić information content (AvgIpc) is 3.15. The molecule has 0 radical (unpaired) electrons. The molecule has 0 N–H and O–H groups in total. The van der Waals surface area contributed by atoms with Gasteiger partial charge in [-0.3, -0.25) is 4.57 Å². The second-order valence-corrected chi connectivity index (χ2v) is 8.98. The summed E-state index contributed by atoms with van der Waals surface area (Å²) in [7, 11) is 0. The Kier molecular flexibility index (Phi) is 4.58. The molecule has 0 aliphatic rings. The van der Waals surface area contributed by atoms with Crippen molar-refractivity contribution in [3.8, 4) is 17.1 Å². The maximum Gasteiger partial charge on any atom is 0.199 e. The third kappa shape index (κ3) is 3.48. The van der Waals surface area contributed by atoms with E-state index in [9.17, 15) is 0 Å². The van der Waals surface area contributed by atoms with E-state index >= 15 is 0 Å². The maximum atomic E-state index is 4.94. The van der Waals surface area contributed by atoms with Gasteiger partial charge in [-0.15, -0.1) is 0 Å². The summed E-state index contributed by atoms with van der Waals surface area (Å²) < 4.78 is 2.13. The first-order valence-electron chi connectivity index (χ1n) is 10.8. The van der Waals surface area contributed by atoms with Crippen molar-refractivity contribution in [1.82, 2.24) is 19.5 Å². The summed E-state index contributed by atoms with van der Waals surface area (Å²) in [5, 5.41) is 0. The van der Waals surface area contributed by atoms with Crippen LogP contribution in [0.5, 0.6) is 0 Å². The molecule has 4 heteroatoms. The Morgan fingerprint density at radius 1 is 0.742 bits per heavy atom. The lowest BCUT2D eigenvalue weighted by molar-refractivity contribution is 0.590. The summed E-state index contributed by atoms with van der Waals surface area (Å²) in [5.74, 6) is 0.856. The molecule has 0 unspecified atom stereocenters. The third-order valence-electron chi connectivity index (χ3n) is 5.78. The Morgan fingerprint density at radius 3 is 2.00 bits per heavy atom. The number of hydrogen-bond donors (Lipinski definition) is 0. The molecule has 0 spiro atoms. The van der Waals surface area contributed by atoms with Crippen molar-refractivity contribution >= 4 is 22.3 Å². The van der Waals surface area contributed by atoms with Gasteiger partial charge in [0.05, 0.1) is 11.0 Å². The van der Waals surface area contributed by atoms with Crippen LogP contribution in [0.3, 0.4) is 0 Å². The van der Waals surface area contributed by atoms with E-state index in [1.54, 1.807) is 0 Å². The molecule has 5 rings (SSSR count). The predicted octanol–water partition coefficient (Wildman–Crippen LogP) is 6.50. The van der Waals surface area contributed by atoms with E-state index in [1.807, 2.05) is 24.3 Å². The zero-order valence-electron chi connectivity index (χ0n) is 18.4. The Balaban J connectivity index is 1.77. The van der Waals surface area contributed by atoms with Gasteiger partial charge in [0.1, 0.15) is 5.82 Å². The topological polar surface area (TPSA) is 43.6 Å². The number of imidazole rings is 1. The van der Waals surface area contributed by atoms with Gasteiger partial charge < -0.3 is 0 Å². The number of benzene rings is 3. The van der Waals surface area contributed by atoms with E-state index in [4.69, 9.17) is 15.0 Å². The Labute approximate surface area is 182 Å². The van der Waals surface area contributed by atoms with E-state index in [2.05, 4.69) is 80.8 Å². The van der Waals surface area contributed by atoms with Gasteiger partial charge in [0.2, 0.25) is 0 Å². The van der Waals surface area contributed by atoms with Gasteiger partial charge in [-0.05, 0) is 47.2 Å². The molecule has 4 nitrogen and oxygen atoms in total. The van der Waals surface area contributed by atoms with Crippen LogP contribution < -0.4 is 0 Å². The Morgan fingerprint density at radius 2 is 1.39 bits per heavy atom. The zero-order valence-corrected chi connectivity index (χ0v) is 18.4. The number of aryl methyl sites for hydroxylation is 1. The highest BCUT2D eigenvalue weighted by Gasteiger charge is 2.19. The van der Waals surface area contributed by atoms with Crippen molar-refractivity contribution in [2.24, 2.45) is 0 Å². The van der Waals surface area contributed by atoms with E-state index < -0.39 is 0 Å². The Bertz CT molecular complexity index is 1370. The van der Waals surface area contributed by atoms with Crippen molar-refractivity contribution in [1.29, 1.82) is 0 Å². The molecule has 154 valence electrons. The van der Waals surface area contributed by atoms with Crippen LogP contribution in [0.4, 0.5) is 0 Å². The first-order chi connectivity index (χ1) is 14.9. The molecule has 0 bridgehead atoms. The predicted molar refractivity (Wildman–Crippen MR) is 128 cm³/mol. The molecule has 0 aliphatic heterocycles. The zero-order chi connectivity index (χ0) is 21.6. The fourth-order valence-corrected chi connectivity index (χ4v) is 3.90. The highest BCUT2D eigenvalue weighted by Crippen LogP contribution is 2.30. The molecule has 31 heavy (non-hydrogen) atoms. The quantitative estimate of drug-likeness (QED) is 0.344. The highest BCUT2D eigenvalue weighted by atomic mass is 15.2. The lowest BCUT2D eigenvalue weighted by Crippen LogP contribution is -2.10. The van der Waals surface area contributed by atoms with Gasteiger partial charge in [0.25, 0.3) is 0 Å². The third-order valence-corrected chi connectivity index (χ3v) is 5.78. The summed E-state index contributed by atoms with van der Waals surface area (Å²) in [6, 6.07) is 25.3. The van der Waals surface area contributed by atoms with E-state index in [-0.39, 0.29) is 5.41 Å². The van der Waals surface area contributed by atoms with Crippen molar-refractivity contribution in [3.05, 3.63) is 83.9 Å². The number of aromatic nitrogens is 4. The van der Waals surface area contributed by atoms with Crippen LogP contribution in [0.25, 0.3) is 39.4 Å². The van der Waals surface area contributed by atoms with Crippen LogP contribution >= 0.6 is 0 Å². The maximum absolute atomic E-state index is 4.94. The van der Waals surface area contributed by atoms with Gasteiger partial charge in [-0.2, -0.15) is 0 Å². The summed E-state index contributed by atoms with van der Waals surface area (Å²) in [4.78, 5) is 14.7. The van der Waals surface area contributed by atoms with Gasteiger partial charge in [0, 0.05) is 11.3 Å². The molecule has 0 aliphatic carbocycles. The number of rotatable bonds is 3. The highest BCUT2D eigenvalue weighted by molar-refractivity contribution is 5.86. The van der Waals surface area contributed by atoms with Gasteiger partial charge in [-0.1, -0.05) is 76.2 Å². The lowest BCUT2D eigenvalue weighted by atomic mass is 9.87. The molecule has 0 fully saturated rings. The molecule has 0 saturated carbocycles. The molecule has 0 saturated heterocycles. The van der Waals surface area contributed by atoms with Crippen LogP contribution in [0, 0.1) is 0 Å². The lowest BCUT2D eigenvalue weighted by Gasteiger charge is -2.19. The van der Waals surface area contributed by atoms with Crippen LogP contribution in [-0.2, 0) is 11.8 Å². The van der Waals surface area contributed by atoms with E-state index in [0.29, 0.717) is 5.65 Å². The fraction of sp³-hybridized carbons (Fsp3) is 0.222. The largest absolute Gasteiger partial charge is 0.275 e. The first kappa shape index (κ1) is 19.4. The van der Waals surface area contributed by atoms with Crippen molar-refractivity contribution in [3.63, 3.8) is 0 Å². The number of nitrogens with zero attached hydrogens (tertiary/aromatic N) is 4. The number of para-hydroxylation sites is 2. The summed E-state index contributed by atoms with van der Waals surface area (Å²) in [6.07, 6.45) is 1.01. The number of fused-ring (bicyclic) bond motifs is 2. The summed E-state index contributed by atoms with van der Waals surface area (Å²) in [6.45, 7) is 8.85. The molecular formula is C27H26N4. The van der Waals surface area contributed by atoms with Gasteiger partial charge >= 0.3 is 0 Å². The van der Waals surface area contributed by atoms with Crippen LogP contribution in [-0.4, -0.2) is 19.5 Å². The monoisotopic (exact) mass is 406 g/mol. The van der Waals surface area contributed by atoms with Gasteiger partial charge in [-0.25, -0.2) is 15.0 Å². The minimum Gasteiger partial charge on any atom is -0.275 e. The molecule has 2 heterocycles. The van der Waals surface area contributed by atoms with Crippen LogP contribution in [0.1, 0.15) is 38.8 Å². The molecular weight excluding hydrogens is 380 g/mol. The van der Waals surface area contributed by atoms with Crippen molar-refractivity contribution in [2.75, 3.05) is 0 Å². The first-order valence-corrected chi connectivity index (χ1v) is 10.8. The minimum atomic E-state index is 0.107. The van der Waals surface area contributed by atoms with Crippen molar-refractivity contribution in [2.45, 2.75) is 39.5 Å². The Hall–Kier alpha value is -3.53. The van der Waals surface area contributed by atoms with Crippen LogP contribution in [0.2, 0.25) is 0 Å². The second kappa shape index (κ2) is 7.31. The SMILES string of the molecule is CCc1ccc(-n2c(-c3ccc(C(C)(C)C)cc3)nc3nc4ccccc4nc32)cc1. The van der Waals surface area contributed by atoms with Crippen LogP contribution in [0.15, 0.2) is 72.8 Å². The van der Waals surface area contributed by atoms with E-state index in [0.717, 1.165) is 40.2 Å². The summed E-state index contributed by atoms with van der Waals surface area (Å²) >= 11 is 0. The summed E-state index contributed by atoms with van der Waals surface area (Å²) in [5.41, 5.74) is 7.97. The smallest absolute Gasteiger partial charge is 0.199 e. The normalized spacial score (nSPS) is 12.0. The molecule has 3 aromatic carbocycles. The molecule has 0 atom stereocenters. The van der Waals surface area contributed by atoms with Gasteiger partial charge in [0.15, 0.2) is 11.3 Å². The average molecular weight is 407 g/mol. The molecule has 2 aromatic heterocycles. The van der Waals surface area contributed by atoms with Crippen molar-refractivity contribution < 1.29 is 0 Å². The number of hydrogen-bond acceptors (Lipinski definition) is 3. The second-order valence-electron chi connectivity index (χ2n) is 8.98.